The third-order valence-electron chi connectivity index (χ3n) is 8.90. The number of fused-ring (bicyclic) bond motifs is 1. The van der Waals surface area contributed by atoms with Crippen molar-refractivity contribution in [3.63, 3.8) is 0 Å². The normalized spacial score (nSPS) is 17.0. The average Bonchev–Trinajstić information content (AvgIpc) is 3.10. The second-order valence-electron chi connectivity index (χ2n) is 13.2. The number of carbonyl (C=O) groups excluding carboxylic acids is 2. The SMILES string of the molecule is CC(CO)N1C[C@@H](C)[C@@H](CN(C)Cc2ccc(Oc3ccccc3)cc2)Oc2c(NC(=O)Cc3cc(C(F)(F)F)ccc3C(F)(F)F)cccc2C1=O. The van der Waals surface area contributed by atoms with E-state index in [0.29, 0.717) is 42.8 Å². The number of amides is 2. The van der Waals surface area contributed by atoms with Crippen molar-refractivity contribution in [1.29, 1.82) is 0 Å². The molecule has 0 saturated carbocycles. The van der Waals surface area contributed by atoms with Crippen molar-refractivity contribution in [3.05, 3.63) is 119 Å². The van der Waals surface area contributed by atoms with E-state index >= 15 is 0 Å². The lowest BCUT2D eigenvalue weighted by Gasteiger charge is -2.38. The van der Waals surface area contributed by atoms with Crippen LogP contribution in [0.2, 0.25) is 0 Å². The van der Waals surface area contributed by atoms with Gasteiger partial charge in [0.25, 0.3) is 5.91 Å². The number of likely N-dealkylation sites (N-methyl/N-ethyl adjacent to an activating group) is 1. The van der Waals surface area contributed by atoms with E-state index in [4.69, 9.17) is 9.47 Å². The van der Waals surface area contributed by atoms with Gasteiger partial charge in [-0.3, -0.25) is 14.5 Å². The topological polar surface area (TPSA) is 91.3 Å². The van der Waals surface area contributed by atoms with Gasteiger partial charge < -0.3 is 24.8 Å². The van der Waals surface area contributed by atoms with Crippen LogP contribution in [0.4, 0.5) is 32.0 Å². The van der Waals surface area contributed by atoms with E-state index in [1.165, 1.54) is 23.1 Å². The van der Waals surface area contributed by atoms with Crippen LogP contribution in [-0.2, 0) is 30.1 Å². The number of nitrogens with one attached hydrogen (secondary N) is 1. The maximum atomic E-state index is 13.8. The molecule has 1 aliphatic rings. The Morgan fingerprint density at radius 1 is 0.962 bits per heavy atom. The second kappa shape index (κ2) is 16.3. The monoisotopic (exact) mass is 743 g/mol. The molecule has 5 rings (SSSR count). The van der Waals surface area contributed by atoms with Crippen LogP contribution in [0.1, 0.15) is 46.5 Å². The minimum Gasteiger partial charge on any atom is -0.486 e. The fourth-order valence-corrected chi connectivity index (χ4v) is 6.09. The average molecular weight is 744 g/mol. The van der Waals surface area contributed by atoms with Crippen LogP contribution in [0.15, 0.2) is 91.0 Å². The predicted octanol–water partition coefficient (Wildman–Crippen LogP) is 8.05. The number of aliphatic hydroxyl groups excluding tert-OH is 1. The van der Waals surface area contributed by atoms with Gasteiger partial charge in [-0.15, -0.1) is 0 Å². The smallest absolute Gasteiger partial charge is 0.416 e. The number of rotatable bonds is 11. The first-order valence-electron chi connectivity index (χ1n) is 16.8. The molecule has 8 nitrogen and oxygen atoms in total. The first kappa shape index (κ1) is 39.1. The Bertz CT molecular complexity index is 1890. The van der Waals surface area contributed by atoms with Crippen molar-refractivity contribution in [2.75, 3.05) is 32.1 Å². The number of ether oxygens (including phenoxy) is 2. The zero-order valence-corrected chi connectivity index (χ0v) is 29.2. The molecule has 0 spiro atoms. The molecule has 14 heteroatoms. The minimum atomic E-state index is -5.02. The molecule has 1 aliphatic heterocycles. The Labute approximate surface area is 302 Å². The summed E-state index contributed by atoms with van der Waals surface area (Å²) in [4.78, 5) is 30.6. The van der Waals surface area contributed by atoms with Gasteiger partial charge in [-0.1, -0.05) is 43.3 Å². The van der Waals surface area contributed by atoms with Gasteiger partial charge in [-0.2, -0.15) is 26.3 Å². The maximum absolute atomic E-state index is 13.8. The van der Waals surface area contributed by atoms with Crippen LogP contribution in [0.3, 0.4) is 0 Å². The molecule has 1 unspecified atom stereocenters. The highest BCUT2D eigenvalue weighted by Crippen LogP contribution is 2.38. The van der Waals surface area contributed by atoms with Gasteiger partial charge in [0.05, 0.1) is 41.4 Å². The van der Waals surface area contributed by atoms with E-state index in [-0.39, 0.29) is 36.1 Å². The van der Waals surface area contributed by atoms with Crippen molar-refractivity contribution in [2.24, 2.45) is 5.92 Å². The van der Waals surface area contributed by atoms with Crippen molar-refractivity contribution in [3.8, 4) is 17.2 Å². The largest absolute Gasteiger partial charge is 0.486 e. The summed E-state index contributed by atoms with van der Waals surface area (Å²) in [6, 6.07) is 21.6. The van der Waals surface area contributed by atoms with Gasteiger partial charge in [-0.25, -0.2) is 0 Å². The number of hydrogen-bond acceptors (Lipinski definition) is 6. The summed E-state index contributed by atoms with van der Waals surface area (Å²) in [6.07, 6.45) is -11.6. The fourth-order valence-electron chi connectivity index (χ4n) is 6.09. The van der Waals surface area contributed by atoms with Crippen molar-refractivity contribution < 1.29 is 50.5 Å². The Kier molecular flexibility index (Phi) is 12.0. The Hall–Kier alpha value is -5.08. The van der Waals surface area contributed by atoms with Crippen molar-refractivity contribution >= 4 is 17.5 Å². The van der Waals surface area contributed by atoms with Crippen molar-refractivity contribution in [1.82, 2.24) is 9.80 Å². The Morgan fingerprint density at radius 2 is 1.64 bits per heavy atom. The minimum absolute atomic E-state index is 0.0340. The zero-order valence-electron chi connectivity index (χ0n) is 29.2. The quantitative estimate of drug-likeness (QED) is 0.151. The van der Waals surface area contributed by atoms with E-state index < -0.39 is 59.4 Å². The van der Waals surface area contributed by atoms with Crippen LogP contribution in [0.25, 0.3) is 0 Å². The highest BCUT2D eigenvalue weighted by Gasteiger charge is 2.38. The third-order valence-corrected chi connectivity index (χ3v) is 8.90. The van der Waals surface area contributed by atoms with Crippen LogP contribution < -0.4 is 14.8 Å². The molecular weight excluding hydrogens is 704 g/mol. The fraction of sp³-hybridized carbons (Fsp3) is 0.333. The summed E-state index contributed by atoms with van der Waals surface area (Å²) in [5, 5.41) is 12.5. The number of anilines is 1. The molecule has 2 N–H and O–H groups in total. The molecule has 3 atom stereocenters. The van der Waals surface area contributed by atoms with E-state index in [9.17, 15) is 41.0 Å². The van der Waals surface area contributed by atoms with Gasteiger partial charge in [0, 0.05) is 25.6 Å². The summed E-state index contributed by atoms with van der Waals surface area (Å²) < 4.78 is 93.8. The standard InChI is InChI=1S/C39H39F6N3O5/c1-24-20-48(25(2)23-49)37(51)31-10-7-11-33(46-35(50)19-27-18-28(38(40,41)42)14-17-32(27)39(43,44)45)36(31)53-34(24)22-47(3)21-26-12-15-30(16-13-26)52-29-8-5-4-6-9-29/h4-18,24-25,34,49H,19-23H2,1-3H3,(H,46,50)/t24-,25?,34-/m1/s1. The summed E-state index contributed by atoms with van der Waals surface area (Å²) in [7, 11) is 1.88. The van der Waals surface area contributed by atoms with Gasteiger partial charge >= 0.3 is 12.4 Å². The van der Waals surface area contributed by atoms with E-state index in [2.05, 4.69) is 5.32 Å². The van der Waals surface area contributed by atoms with Gasteiger partial charge in [0.1, 0.15) is 17.6 Å². The summed E-state index contributed by atoms with van der Waals surface area (Å²) >= 11 is 0. The van der Waals surface area contributed by atoms with Gasteiger partial charge in [0.15, 0.2) is 5.75 Å². The number of hydrogen-bond donors (Lipinski definition) is 2. The molecule has 0 aromatic heterocycles. The van der Waals surface area contributed by atoms with Crippen LogP contribution in [-0.4, -0.2) is 65.6 Å². The molecule has 1 heterocycles. The molecule has 0 bridgehead atoms. The number of carbonyl (C=O) groups is 2. The Balaban J connectivity index is 1.39. The maximum Gasteiger partial charge on any atom is 0.416 e. The Morgan fingerprint density at radius 3 is 2.28 bits per heavy atom. The van der Waals surface area contributed by atoms with Crippen LogP contribution >= 0.6 is 0 Å². The number of nitrogens with zero attached hydrogens (tertiary/aromatic N) is 2. The molecular formula is C39H39F6N3O5. The van der Waals surface area contributed by atoms with Crippen LogP contribution in [0.5, 0.6) is 17.2 Å². The summed E-state index contributed by atoms with van der Waals surface area (Å²) in [5.41, 5.74) is -2.61. The lowest BCUT2D eigenvalue weighted by molar-refractivity contribution is -0.142. The first-order valence-corrected chi connectivity index (χ1v) is 16.8. The van der Waals surface area contributed by atoms with Gasteiger partial charge in [0.2, 0.25) is 5.91 Å². The van der Waals surface area contributed by atoms with Crippen molar-refractivity contribution in [2.45, 2.75) is 51.3 Å². The summed E-state index contributed by atoms with van der Waals surface area (Å²) in [5.74, 6) is -0.555. The zero-order chi connectivity index (χ0) is 38.5. The molecule has 0 aliphatic carbocycles. The lowest BCUT2D eigenvalue weighted by Crippen LogP contribution is -2.49. The highest BCUT2D eigenvalue weighted by atomic mass is 19.4. The van der Waals surface area contributed by atoms with E-state index in [0.717, 1.165) is 5.56 Å². The van der Waals surface area contributed by atoms with Gasteiger partial charge in [-0.05, 0) is 79.7 Å². The molecule has 53 heavy (non-hydrogen) atoms. The molecule has 2 amide bonds. The molecule has 282 valence electrons. The summed E-state index contributed by atoms with van der Waals surface area (Å²) in [6.45, 7) is 4.27. The number of benzene rings is 4. The predicted molar refractivity (Wildman–Crippen MR) is 186 cm³/mol. The lowest BCUT2D eigenvalue weighted by atomic mass is 9.98. The molecule has 0 fully saturated rings. The second-order valence-corrected chi connectivity index (χ2v) is 13.2. The number of para-hydroxylation sites is 2. The molecule has 0 saturated heterocycles. The molecule has 4 aromatic rings. The van der Waals surface area contributed by atoms with E-state index in [1.807, 2.05) is 73.5 Å². The number of halogens is 6. The molecule has 0 radical (unpaired) electrons. The first-order chi connectivity index (χ1) is 25.0. The third kappa shape index (κ3) is 9.87. The highest BCUT2D eigenvalue weighted by molar-refractivity contribution is 6.02. The molecule has 4 aromatic carbocycles. The van der Waals surface area contributed by atoms with E-state index in [1.54, 1.807) is 6.92 Å². The number of aliphatic hydroxyl groups is 1. The number of alkyl halides is 6. The van der Waals surface area contributed by atoms with Crippen LogP contribution in [0, 0.1) is 5.92 Å².